The van der Waals surface area contributed by atoms with E-state index in [1.54, 1.807) is 6.92 Å². The lowest BCUT2D eigenvalue weighted by molar-refractivity contribution is -0.154. The fraction of sp³-hybridized carbons (Fsp3) is 0.778. The van der Waals surface area contributed by atoms with Crippen LogP contribution in [0.3, 0.4) is 0 Å². The molecule has 1 N–H and O–H groups in total. The number of likely N-dealkylation sites (N-methyl/N-ethyl adjacent to an activating group) is 1. The number of nitrogens with one attached hydrogen (secondary N) is 1. The number of ether oxygens (including phenoxy) is 1. The Balaban J connectivity index is 1.52. The van der Waals surface area contributed by atoms with Crippen LogP contribution < -0.4 is 5.32 Å². The third-order valence-corrected chi connectivity index (χ3v) is 7.66. The van der Waals surface area contributed by atoms with Gasteiger partial charge >= 0.3 is 12.0 Å². The normalized spacial score (nSPS) is 25.1. The molecule has 1 atom stereocenters. The van der Waals surface area contributed by atoms with Crippen LogP contribution in [-0.4, -0.2) is 84.8 Å². The highest BCUT2D eigenvalue weighted by atomic mass is 32.2. The van der Waals surface area contributed by atoms with Crippen molar-refractivity contribution in [2.75, 3.05) is 31.2 Å². The number of carbonyl (C=O) groups excluding carboxylic acids is 4. The molecule has 3 rings (SSSR count). The molecule has 0 bridgehead atoms. The van der Waals surface area contributed by atoms with Gasteiger partial charge in [0.15, 0.2) is 16.4 Å². The lowest BCUT2D eigenvalue weighted by atomic mass is 9.82. The van der Waals surface area contributed by atoms with Crippen molar-refractivity contribution in [2.45, 2.75) is 57.0 Å². The predicted octanol–water partition coefficient (Wildman–Crippen LogP) is -0.180. The van der Waals surface area contributed by atoms with Gasteiger partial charge in [0.2, 0.25) is 0 Å². The fourth-order valence-electron chi connectivity index (χ4n) is 4.37. The monoisotopic (exact) mass is 429 g/mol. The van der Waals surface area contributed by atoms with Gasteiger partial charge in [-0.1, -0.05) is 19.3 Å². The lowest BCUT2D eigenvalue weighted by Gasteiger charge is -2.30. The third-order valence-electron chi connectivity index (χ3n) is 5.91. The zero-order chi connectivity index (χ0) is 21.2. The first-order valence-electron chi connectivity index (χ1n) is 9.97. The molecule has 0 aromatic heterocycles. The van der Waals surface area contributed by atoms with Crippen LogP contribution in [0.4, 0.5) is 4.79 Å². The number of carbonyl (C=O) groups is 4. The average molecular weight is 429 g/mol. The second kappa shape index (κ2) is 8.29. The molecule has 1 unspecified atom stereocenters. The number of rotatable bonds is 6. The quantitative estimate of drug-likeness (QED) is 0.458. The molecule has 11 heteroatoms. The highest BCUT2D eigenvalue weighted by molar-refractivity contribution is 7.91. The number of hydrogen-bond donors (Lipinski definition) is 1. The molecule has 3 fully saturated rings. The van der Waals surface area contributed by atoms with Crippen molar-refractivity contribution in [1.82, 2.24) is 15.1 Å². The maximum atomic E-state index is 12.7. The zero-order valence-corrected chi connectivity index (χ0v) is 17.3. The summed E-state index contributed by atoms with van der Waals surface area (Å²) in [7, 11) is -3.15. The molecule has 162 valence electrons. The summed E-state index contributed by atoms with van der Waals surface area (Å²) in [5.41, 5.74) is -0.918. The SMILES string of the molecule is CCN(C(=O)COC(=O)CN1C(=O)NC2(CCCCC2)C1=O)C1CCS(=O)(=O)C1. The second-order valence-corrected chi connectivity index (χ2v) is 10.1. The number of nitrogens with zero attached hydrogens (tertiary/aromatic N) is 2. The molecule has 4 amide bonds. The lowest BCUT2D eigenvalue weighted by Crippen LogP contribution is -2.48. The van der Waals surface area contributed by atoms with Gasteiger partial charge in [0.1, 0.15) is 12.1 Å². The molecule has 1 spiro atoms. The van der Waals surface area contributed by atoms with Crippen LogP contribution >= 0.6 is 0 Å². The molecule has 1 aliphatic carbocycles. The maximum Gasteiger partial charge on any atom is 0.326 e. The number of hydrogen-bond acceptors (Lipinski definition) is 7. The van der Waals surface area contributed by atoms with E-state index in [2.05, 4.69) is 5.32 Å². The molecular formula is C18H27N3O7S. The van der Waals surface area contributed by atoms with E-state index < -0.39 is 58.4 Å². The fourth-order valence-corrected chi connectivity index (χ4v) is 6.10. The van der Waals surface area contributed by atoms with Crippen molar-refractivity contribution in [2.24, 2.45) is 0 Å². The van der Waals surface area contributed by atoms with Gasteiger partial charge in [-0.2, -0.15) is 0 Å². The number of esters is 1. The summed E-state index contributed by atoms with van der Waals surface area (Å²) in [6.45, 7) is 0.912. The van der Waals surface area contributed by atoms with Crippen LogP contribution in [0.25, 0.3) is 0 Å². The summed E-state index contributed by atoms with van der Waals surface area (Å²) in [6, 6.07) is -1.04. The summed E-state index contributed by atoms with van der Waals surface area (Å²) in [5.74, 6) is -1.83. The van der Waals surface area contributed by atoms with Crippen molar-refractivity contribution < 1.29 is 32.3 Å². The Kier molecular flexibility index (Phi) is 6.16. The topological polar surface area (TPSA) is 130 Å². The Morgan fingerprint density at radius 2 is 1.93 bits per heavy atom. The largest absolute Gasteiger partial charge is 0.454 e. The molecule has 2 aliphatic heterocycles. The Hall–Kier alpha value is -2.17. The van der Waals surface area contributed by atoms with Crippen molar-refractivity contribution in [3.63, 3.8) is 0 Å². The summed E-state index contributed by atoms with van der Waals surface area (Å²) < 4.78 is 28.2. The van der Waals surface area contributed by atoms with Gasteiger partial charge in [0.25, 0.3) is 11.8 Å². The van der Waals surface area contributed by atoms with Gasteiger partial charge in [-0.05, 0) is 26.2 Å². The highest BCUT2D eigenvalue weighted by Gasteiger charge is 2.51. The predicted molar refractivity (Wildman–Crippen MR) is 101 cm³/mol. The molecule has 2 heterocycles. The minimum absolute atomic E-state index is 0.0369. The molecule has 10 nitrogen and oxygen atoms in total. The minimum atomic E-state index is -3.15. The summed E-state index contributed by atoms with van der Waals surface area (Å²) in [6.07, 6.45) is 4.14. The van der Waals surface area contributed by atoms with Gasteiger partial charge in [-0.15, -0.1) is 0 Å². The van der Waals surface area contributed by atoms with Crippen LogP contribution in [0.15, 0.2) is 0 Å². The average Bonchev–Trinajstić information content (AvgIpc) is 3.13. The van der Waals surface area contributed by atoms with E-state index in [0.717, 1.165) is 24.2 Å². The number of amides is 4. The van der Waals surface area contributed by atoms with E-state index in [1.165, 1.54) is 4.90 Å². The third kappa shape index (κ3) is 4.54. The van der Waals surface area contributed by atoms with Gasteiger partial charge in [-0.3, -0.25) is 19.3 Å². The van der Waals surface area contributed by atoms with E-state index in [0.29, 0.717) is 25.8 Å². The highest BCUT2D eigenvalue weighted by Crippen LogP contribution is 2.33. The summed E-state index contributed by atoms with van der Waals surface area (Å²) in [4.78, 5) is 51.6. The molecule has 0 aromatic carbocycles. The maximum absolute atomic E-state index is 12.7. The summed E-state index contributed by atoms with van der Waals surface area (Å²) in [5, 5.41) is 2.71. The van der Waals surface area contributed by atoms with E-state index >= 15 is 0 Å². The van der Waals surface area contributed by atoms with Gasteiger partial charge < -0.3 is 15.0 Å². The van der Waals surface area contributed by atoms with Gasteiger partial charge in [0, 0.05) is 12.6 Å². The first-order valence-corrected chi connectivity index (χ1v) is 11.8. The zero-order valence-electron chi connectivity index (χ0n) is 16.5. The Labute approximate surface area is 169 Å². The first kappa shape index (κ1) is 21.5. The van der Waals surface area contributed by atoms with E-state index in [1.807, 2.05) is 0 Å². The number of sulfone groups is 1. The molecule has 0 radical (unpaired) electrons. The molecule has 3 aliphatic rings. The van der Waals surface area contributed by atoms with Crippen molar-refractivity contribution >= 4 is 33.7 Å². The van der Waals surface area contributed by atoms with Crippen LogP contribution in [0.2, 0.25) is 0 Å². The van der Waals surface area contributed by atoms with E-state index in [-0.39, 0.29) is 11.5 Å². The van der Waals surface area contributed by atoms with Crippen LogP contribution in [0.1, 0.15) is 45.4 Å². The van der Waals surface area contributed by atoms with Crippen LogP contribution in [0, 0.1) is 0 Å². The molecular weight excluding hydrogens is 402 g/mol. The number of imide groups is 1. The molecule has 0 aromatic rings. The first-order chi connectivity index (χ1) is 13.7. The second-order valence-electron chi connectivity index (χ2n) is 7.86. The number of urea groups is 1. The Bertz CT molecular complexity index is 804. The van der Waals surface area contributed by atoms with Crippen molar-refractivity contribution in [1.29, 1.82) is 0 Å². The molecule has 29 heavy (non-hydrogen) atoms. The van der Waals surface area contributed by atoms with Crippen LogP contribution in [0.5, 0.6) is 0 Å². The molecule has 2 saturated heterocycles. The summed E-state index contributed by atoms with van der Waals surface area (Å²) >= 11 is 0. The van der Waals surface area contributed by atoms with E-state index in [4.69, 9.17) is 4.74 Å². The standard InChI is InChI=1S/C18H27N3O7S/c1-2-20(13-6-9-29(26,27)12-13)14(22)11-28-15(23)10-21-16(24)18(19-17(21)25)7-4-3-5-8-18/h13H,2-12H2,1H3,(H,19,25). The van der Waals surface area contributed by atoms with Crippen molar-refractivity contribution in [3.05, 3.63) is 0 Å². The Morgan fingerprint density at radius 3 is 2.52 bits per heavy atom. The van der Waals surface area contributed by atoms with Crippen LogP contribution in [-0.2, 0) is 29.0 Å². The van der Waals surface area contributed by atoms with Gasteiger partial charge in [-0.25, -0.2) is 13.2 Å². The van der Waals surface area contributed by atoms with Gasteiger partial charge in [0.05, 0.1) is 11.5 Å². The Morgan fingerprint density at radius 1 is 1.24 bits per heavy atom. The molecule has 1 saturated carbocycles. The van der Waals surface area contributed by atoms with Crippen molar-refractivity contribution in [3.8, 4) is 0 Å². The smallest absolute Gasteiger partial charge is 0.326 e. The van der Waals surface area contributed by atoms with E-state index in [9.17, 15) is 27.6 Å². The minimum Gasteiger partial charge on any atom is -0.454 e.